The molecule has 1 aliphatic carbocycles. The molecule has 2 heterocycles. The Morgan fingerprint density at radius 3 is 2.70 bits per heavy atom. The van der Waals surface area contributed by atoms with Crippen molar-refractivity contribution in [3.05, 3.63) is 36.1 Å². The second-order valence-electron chi connectivity index (χ2n) is 7.24. The van der Waals surface area contributed by atoms with E-state index in [2.05, 4.69) is 6.58 Å². The zero-order valence-corrected chi connectivity index (χ0v) is 15.6. The molecule has 0 bridgehead atoms. The largest absolute Gasteiger partial charge is 0.470 e. The number of carbonyl (C=O) groups excluding carboxylic acids is 3. The van der Waals surface area contributed by atoms with Gasteiger partial charge in [0.2, 0.25) is 6.29 Å². The van der Waals surface area contributed by atoms with Crippen LogP contribution in [0.1, 0.15) is 33.6 Å². The molecule has 27 heavy (non-hydrogen) atoms. The van der Waals surface area contributed by atoms with Crippen molar-refractivity contribution >= 4 is 17.5 Å². The van der Waals surface area contributed by atoms with Gasteiger partial charge in [-0.05, 0) is 26.0 Å². The van der Waals surface area contributed by atoms with Gasteiger partial charge < -0.3 is 19.3 Å². The molecule has 3 rings (SSSR count). The molecule has 2 fully saturated rings. The highest BCUT2D eigenvalue weighted by atomic mass is 16.7. The lowest BCUT2D eigenvalue weighted by atomic mass is 9.77. The van der Waals surface area contributed by atoms with Gasteiger partial charge in [-0.1, -0.05) is 19.6 Å². The average Bonchev–Trinajstić information content (AvgIpc) is 3.14. The number of hydrogen-bond acceptors (Lipinski definition) is 7. The summed E-state index contributed by atoms with van der Waals surface area (Å²) in [6.07, 6.45) is 1.87. The number of fused-ring (bicyclic) bond motifs is 1. The number of allylic oxidation sites excluding steroid dienone is 2. The first-order valence-electron chi connectivity index (χ1n) is 9.01. The Hall–Kier alpha value is -2.25. The number of Topliss-reactive ketones (excluding diaryl/α,β-unsaturated/α-hetero) is 1. The number of rotatable bonds is 4. The summed E-state index contributed by atoms with van der Waals surface area (Å²) in [4.78, 5) is 37.6. The van der Waals surface area contributed by atoms with E-state index in [1.54, 1.807) is 13.8 Å². The topological polar surface area (TPSA) is 99.1 Å². The molecule has 146 valence electrons. The zero-order valence-electron chi connectivity index (χ0n) is 15.6. The summed E-state index contributed by atoms with van der Waals surface area (Å²) in [5.74, 6) is -2.71. The molecule has 6 atom stereocenters. The molecule has 1 saturated carbocycles. The molecule has 0 aromatic heterocycles. The van der Waals surface area contributed by atoms with Gasteiger partial charge >= 0.3 is 5.97 Å². The second-order valence-corrected chi connectivity index (χ2v) is 7.24. The van der Waals surface area contributed by atoms with Gasteiger partial charge in [-0.2, -0.15) is 0 Å². The minimum atomic E-state index is -2.19. The van der Waals surface area contributed by atoms with E-state index in [4.69, 9.17) is 14.2 Å². The standard InChI is InChI=1S/C20H24O7/c1-5-6-15(22)20(24)12(4)14(21)9-13-11(3)19(23)27-17(13)18(20)26-16-8-7-10(2)25-16/h5-7,12-13,16-18,24H,3,8-9H2,1-2,4H3/b6-5+/t12-,13-,16+,17+,18-,20+/m0/s1. The highest BCUT2D eigenvalue weighted by molar-refractivity contribution is 6.03. The van der Waals surface area contributed by atoms with E-state index < -0.39 is 47.7 Å². The fourth-order valence-electron chi connectivity index (χ4n) is 3.91. The minimum Gasteiger partial charge on any atom is -0.470 e. The van der Waals surface area contributed by atoms with E-state index in [0.29, 0.717) is 12.2 Å². The molecule has 0 unspecified atom stereocenters. The van der Waals surface area contributed by atoms with Crippen LogP contribution in [-0.2, 0) is 28.6 Å². The maximum Gasteiger partial charge on any atom is 0.334 e. The number of ether oxygens (including phenoxy) is 3. The van der Waals surface area contributed by atoms with Crippen LogP contribution in [0.15, 0.2) is 36.1 Å². The molecule has 1 saturated heterocycles. The molecule has 0 aromatic rings. The highest BCUT2D eigenvalue weighted by Gasteiger charge is 2.62. The molecule has 3 aliphatic rings. The summed E-state index contributed by atoms with van der Waals surface area (Å²) in [7, 11) is 0. The number of aliphatic hydroxyl groups is 1. The number of hydrogen-bond donors (Lipinski definition) is 1. The molecule has 0 radical (unpaired) electrons. The summed E-state index contributed by atoms with van der Waals surface area (Å²) in [5.41, 5.74) is -2.04. The lowest BCUT2D eigenvalue weighted by Crippen LogP contribution is -2.60. The van der Waals surface area contributed by atoms with Crippen molar-refractivity contribution < 1.29 is 33.7 Å². The van der Waals surface area contributed by atoms with E-state index in [9.17, 15) is 19.5 Å². The normalized spacial score (nSPS) is 39.0. The van der Waals surface area contributed by atoms with Gasteiger partial charge in [-0.3, -0.25) is 9.59 Å². The fraction of sp³-hybridized carbons (Fsp3) is 0.550. The molecule has 2 aliphatic heterocycles. The lowest BCUT2D eigenvalue weighted by molar-refractivity contribution is -0.229. The third-order valence-corrected chi connectivity index (χ3v) is 5.57. The zero-order chi connectivity index (χ0) is 19.9. The van der Waals surface area contributed by atoms with Gasteiger partial charge in [-0.25, -0.2) is 4.79 Å². The fourth-order valence-corrected chi connectivity index (χ4v) is 3.91. The monoisotopic (exact) mass is 376 g/mol. The maximum absolute atomic E-state index is 12.8. The minimum absolute atomic E-state index is 0.0511. The molecule has 0 spiro atoms. The van der Waals surface area contributed by atoms with E-state index in [0.717, 1.165) is 0 Å². The van der Waals surface area contributed by atoms with Crippen molar-refractivity contribution in [1.29, 1.82) is 0 Å². The third-order valence-electron chi connectivity index (χ3n) is 5.57. The molecule has 0 amide bonds. The molecule has 7 nitrogen and oxygen atoms in total. The van der Waals surface area contributed by atoms with Crippen LogP contribution in [-0.4, -0.2) is 46.7 Å². The van der Waals surface area contributed by atoms with Crippen molar-refractivity contribution in [2.24, 2.45) is 11.8 Å². The highest BCUT2D eigenvalue weighted by Crippen LogP contribution is 2.44. The Labute approximate surface area is 157 Å². The van der Waals surface area contributed by atoms with Crippen molar-refractivity contribution in [1.82, 2.24) is 0 Å². The molecule has 7 heteroatoms. The predicted molar refractivity (Wildman–Crippen MR) is 94.2 cm³/mol. The second kappa shape index (κ2) is 7.05. The van der Waals surface area contributed by atoms with E-state index in [1.807, 2.05) is 6.08 Å². The first-order valence-corrected chi connectivity index (χ1v) is 9.01. The van der Waals surface area contributed by atoms with Crippen molar-refractivity contribution in [2.45, 2.75) is 57.7 Å². The molecule has 0 aromatic carbocycles. The van der Waals surface area contributed by atoms with E-state index >= 15 is 0 Å². The van der Waals surface area contributed by atoms with Crippen molar-refractivity contribution in [3.8, 4) is 0 Å². The van der Waals surface area contributed by atoms with Crippen LogP contribution in [0.2, 0.25) is 0 Å². The Morgan fingerprint density at radius 1 is 1.41 bits per heavy atom. The summed E-state index contributed by atoms with van der Waals surface area (Å²) in [6, 6.07) is 0. The van der Waals surface area contributed by atoms with Gasteiger partial charge in [0, 0.05) is 24.3 Å². The van der Waals surface area contributed by atoms with Crippen LogP contribution in [0.4, 0.5) is 0 Å². The summed E-state index contributed by atoms with van der Waals surface area (Å²) in [5, 5.41) is 11.5. The Morgan fingerprint density at radius 2 is 2.11 bits per heavy atom. The van der Waals surface area contributed by atoms with Crippen LogP contribution in [0.25, 0.3) is 0 Å². The van der Waals surface area contributed by atoms with Gasteiger partial charge in [0.1, 0.15) is 18.0 Å². The van der Waals surface area contributed by atoms with Gasteiger partial charge in [0.15, 0.2) is 11.4 Å². The smallest absolute Gasteiger partial charge is 0.334 e. The summed E-state index contributed by atoms with van der Waals surface area (Å²) >= 11 is 0. The van der Waals surface area contributed by atoms with Crippen molar-refractivity contribution in [3.63, 3.8) is 0 Å². The van der Waals surface area contributed by atoms with Crippen LogP contribution in [0.3, 0.4) is 0 Å². The number of esters is 1. The van der Waals surface area contributed by atoms with Crippen LogP contribution in [0, 0.1) is 11.8 Å². The average molecular weight is 376 g/mol. The Kier molecular flexibility index (Phi) is 5.10. The third kappa shape index (κ3) is 3.15. The Balaban J connectivity index is 2.06. The molecular formula is C20H24O7. The number of carbonyl (C=O) groups is 3. The van der Waals surface area contributed by atoms with E-state index in [-0.39, 0.29) is 17.8 Å². The first kappa shape index (κ1) is 19.5. The summed E-state index contributed by atoms with van der Waals surface area (Å²) in [6.45, 7) is 8.61. The van der Waals surface area contributed by atoms with Gasteiger partial charge in [0.05, 0.1) is 11.7 Å². The van der Waals surface area contributed by atoms with Crippen LogP contribution < -0.4 is 0 Å². The van der Waals surface area contributed by atoms with Crippen molar-refractivity contribution in [2.75, 3.05) is 0 Å². The quantitative estimate of drug-likeness (QED) is 0.588. The summed E-state index contributed by atoms with van der Waals surface area (Å²) < 4.78 is 16.9. The predicted octanol–water partition coefficient (Wildman–Crippen LogP) is 1.60. The first-order chi connectivity index (χ1) is 12.7. The van der Waals surface area contributed by atoms with Gasteiger partial charge in [0.25, 0.3) is 0 Å². The molecule has 1 N–H and O–H groups in total. The van der Waals surface area contributed by atoms with E-state index in [1.165, 1.54) is 19.1 Å². The maximum atomic E-state index is 12.8. The SMILES string of the molecule is C=C1C(=O)O[C@@H]2[C@H]1CC(=O)[C@H](C)[C@@](O)(C(=O)/C=C/C)[C@H]2O[C@@H]1CC=C(C)O1. The lowest BCUT2D eigenvalue weighted by Gasteiger charge is -2.39. The number of ketones is 2. The Bertz CT molecular complexity index is 749. The van der Waals surface area contributed by atoms with Gasteiger partial charge in [-0.15, -0.1) is 0 Å². The van der Waals surface area contributed by atoms with Crippen LogP contribution in [0.5, 0.6) is 0 Å². The molecular weight excluding hydrogens is 352 g/mol. The van der Waals surface area contributed by atoms with Crippen LogP contribution >= 0.6 is 0 Å².